The molecule has 1 amide bonds. The van der Waals surface area contributed by atoms with E-state index in [1.54, 1.807) is 30.8 Å². The van der Waals surface area contributed by atoms with Crippen molar-refractivity contribution in [2.75, 3.05) is 12.4 Å². The molecule has 154 valence electrons. The monoisotopic (exact) mass is 428 g/mol. The average Bonchev–Trinajstić information content (AvgIpc) is 2.75. The lowest BCUT2D eigenvalue weighted by molar-refractivity contribution is -0.129. The zero-order valence-corrected chi connectivity index (χ0v) is 16.8. The number of hydrogen-bond acceptors (Lipinski definition) is 6. The number of anilines is 2. The van der Waals surface area contributed by atoms with Gasteiger partial charge in [-0.15, -0.1) is 0 Å². The highest BCUT2D eigenvalue weighted by Crippen LogP contribution is 2.30. The molecule has 3 N–H and O–H groups in total. The van der Waals surface area contributed by atoms with Crippen LogP contribution in [0.1, 0.15) is 24.8 Å². The molecule has 0 aliphatic rings. The topological polar surface area (TPSA) is 96.4 Å². The number of hydrogen-bond donors (Lipinski definition) is 3. The fraction of sp³-hybridized carbons (Fsp3) is 0.190. The first-order chi connectivity index (χ1) is 14.5. The lowest BCUT2D eigenvalue weighted by Crippen LogP contribution is -2.17. The van der Waals surface area contributed by atoms with Crippen molar-refractivity contribution < 1.29 is 19.1 Å². The summed E-state index contributed by atoms with van der Waals surface area (Å²) < 4.78 is 18.8. The molecule has 0 radical (unpaired) electrons. The third-order valence-electron chi connectivity index (χ3n) is 4.19. The van der Waals surface area contributed by atoms with Gasteiger partial charge in [-0.2, -0.15) is 0 Å². The van der Waals surface area contributed by atoms with Crippen molar-refractivity contribution >= 4 is 39.9 Å². The number of methoxy groups -OCH3 is 1. The Bertz CT molecular complexity index is 1140. The van der Waals surface area contributed by atoms with Crippen molar-refractivity contribution in [3.8, 4) is 17.6 Å². The third-order valence-corrected chi connectivity index (χ3v) is 4.48. The number of rotatable bonds is 6. The summed E-state index contributed by atoms with van der Waals surface area (Å²) in [5.41, 5.74) is 3.44. The standard InChI is InChI=1S/C21H18ClFN4O3/c1-30-19-11-18-15(9-13(19)5-3-2-4-6-20(28)27-29)21(25-12-24-18)26-14-7-8-17(23)16(22)10-14/h7-12,29H,2,4,6H2,1H3,(H,27,28)(H,24,25,26). The number of carbonyl (C=O) groups excluding carboxylic acids is 1. The van der Waals surface area contributed by atoms with Crippen LogP contribution < -0.4 is 15.5 Å². The summed E-state index contributed by atoms with van der Waals surface area (Å²) in [6, 6.07) is 7.85. The fourth-order valence-electron chi connectivity index (χ4n) is 2.71. The van der Waals surface area contributed by atoms with Gasteiger partial charge in [-0.1, -0.05) is 23.4 Å². The molecule has 0 bridgehead atoms. The van der Waals surface area contributed by atoms with Gasteiger partial charge in [0.05, 0.1) is 23.2 Å². The molecule has 30 heavy (non-hydrogen) atoms. The van der Waals surface area contributed by atoms with Crippen LogP contribution in [0.25, 0.3) is 10.9 Å². The van der Waals surface area contributed by atoms with Crippen LogP contribution in [-0.2, 0) is 4.79 Å². The number of amides is 1. The van der Waals surface area contributed by atoms with E-state index in [2.05, 4.69) is 27.1 Å². The average molecular weight is 429 g/mol. The molecule has 0 aliphatic carbocycles. The second-order valence-corrected chi connectivity index (χ2v) is 6.64. The van der Waals surface area contributed by atoms with Crippen LogP contribution in [0.15, 0.2) is 36.7 Å². The van der Waals surface area contributed by atoms with Gasteiger partial charge in [0.25, 0.3) is 0 Å². The van der Waals surface area contributed by atoms with E-state index in [9.17, 15) is 9.18 Å². The van der Waals surface area contributed by atoms with Crippen LogP contribution in [0, 0.1) is 17.7 Å². The van der Waals surface area contributed by atoms with Crippen LogP contribution in [0.5, 0.6) is 5.75 Å². The lowest BCUT2D eigenvalue weighted by atomic mass is 10.1. The summed E-state index contributed by atoms with van der Waals surface area (Å²) in [7, 11) is 1.54. The summed E-state index contributed by atoms with van der Waals surface area (Å²) in [5.74, 6) is 6.13. The highest BCUT2D eigenvalue weighted by Gasteiger charge is 2.10. The van der Waals surface area contributed by atoms with E-state index in [0.717, 1.165) is 0 Å². The van der Waals surface area contributed by atoms with Gasteiger partial charge in [0.1, 0.15) is 23.7 Å². The van der Waals surface area contributed by atoms with E-state index >= 15 is 0 Å². The third kappa shape index (κ3) is 5.14. The zero-order valence-electron chi connectivity index (χ0n) is 16.0. The number of carbonyl (C=O) groups is 1. The summed E-state index contributed by atoms with van der Waals surface area (Å²) >= 11 is 5.85. The van der Waals surface area contributed by atoms with E-state index in [-0.39, 0.29) is 11.4 Å². The smallest absolute Gasteiger partial charge is 0.243 e. The molecule has 9 heteroatoms. The minimum Gasteiger partial charge on any atom is -0.495 e. The Morgan fingerprint density at radius 1 is 1.30 bits per heavy atom. The number of fused-ring (bicyclic) bond motifs is 1. The van der Waals surface area contributed by atoms with Gasteiger partial charge < -0.3 is 10.1 Å². The number of benzene rings is 2. The molecule has 0 saturated heterocycles. The first-order valence-electron chi connectivity index (χ1n) is 8.98. The fourth-order valence-corrected chi connectivity index (χ4v) is 2.89. The van der Waals surface area contributed by atoms with Crippen LogP contribution in [0.2, 0.25) is 5.02 Å². The Balaban J connectivity index is 1.90. The van der Waals surface area contributed by atoms with E-state index in [1.807, 2.05) is 0 Å². The number of ether oxygens (including phenoxy) is 1. The molecule has 1 aromatic heterocycles. The molecule has 0 unspecified atom stereocenters. The normalized spacial score (nSPS) is 10.3. The van der Waals surface area contributed by atoms with Crippen molar-refractivity contribution in [3.63, 3.8) is 0 Å². The van der Waals surface area contributed by atoms with Gasteiger partial charge in [-0.05, 0) is 30.7 Å². The molecular weight excluding hydrogens is 411 g/mol. The van der Waals surface area contributed by atoms with Crippen molar-refractivity contribution in [2.45, 2.75) is 19.3 Å². The van der Waals surface area contributed by atoms with Gasteiger partial charge in [0, 0.05) is 30.0 Å². The molecule has 3 rings (SSSR count). The van der Waals surface area contributed by atoms with Gasteiger partial charge >= 0.3 is 0 Å². The van der Waals surface area contributed by atoms with Crippen molar-refractivity contribution in [1.29, 1.82) is 0 Å². The quantitative estimate of drug-likeness (QED) is 0.236. The van der Waals surface area contributed by atoms with Gasteiger partial charge in [-0.3, -0.25) is 10.0 Å². The molecule has 0 saturated carbocycles. The van der Waals surface area contributed by atoms with Gasteiger partial charge in [0.15, 0.2) is 0 Å². The van der Waals surface area contributed by atoms with Crippen molar-refractivity contribution in [3.05, 3.63) is 53.1 Å². The maximum absolute atomic E-state index is 13.4. The molecule has 7 nitrogen and oxygen atoms in total. The molecule has 0 fully saturated rings. The molecule has 1 heterocycles. The maximum Gasteiger partial charge on any atom is 0.243 e. The Kier molecular flexibility index (Phi) is 7.01. The summed E-state index contributed by atoms with van der Waals surface area (Å²) in [5, 5.41) is 12.3. The van der Waals surface area contributed by atoms with Crippen LogP contribution in [0.3, 0.4) is 0 Å². The second-order valence-electron chi connectivity index (χ2n) is 6.24. The Morgan fingerprint density at radius 2 is 2.13 bits per heavy atom. The minimum atomic E-state index is -0.506. The highest BCUT2D eigenvalue weighted by atomic mass is 35.5. The Hall–Kier alpha value is -3.41. The molecule has 0 spiro atoms. The molecular formula is C21H18ClFN4O3. The van der Waals surface area contributed by atoms with E-state index in [4.69, 9.17) is 21.5 Å². The van der Waals surface area contributed by atoms with Crippen molar-refractivity contribution in [2.24, 2.45) is 0 Å². The number of nitrogens with zero attached hydrogens (tertiary/aromatic N) is 2. The summed E-state index contributed by atoms with van der Waals surface area (Å²) in [4.78, 5) is 19.6. The Morgan fingerprint density at radius 3 is 2.87 bits per heavy atom. The predicted octanol–water partition coefficient (Wildman–Crippen LogP) is 4.20. The second kappa shape index (κ2) is 9.87. The molecule has 3 aromatic rings. The number of halogens is 2. The van der Waals surface area contributed by atoms with E-state index in [1.165, 1.54) is 18.5 Å². The number of nitrogens with one attached hydrogen (secondary N) is 2. The Labute approximate surface area is 177 Å². The SMILES string of the molecule is COc1cc2ncnc(Nc3ccc(F)c(Cl)c3)c2cc1C#CCCCC(=O)NO. The van der Waals surface area contributed by atoms with Crippen molar-refractivity contribution in [1.82, 2.24) is 15.4 Å². The predicted molar refractivity (Wildman–Crippen MR) is 111 cm³/mol. The molecule has 0 atom stereocenters. The van der Waals surface area contributed by atoms with Crippen LogP contribution >= 0.6 is 11.6 Å². The summed E-state index contributed by atoms with van der Waals surface area (Å²) in [6.45, 7) is 0. The lowest BCUT2D eigenvalue weighted by Gasteiger charge is -2.11. The molecule has 0 aliphatic heterocycles. The van der Waals surface area contributed by atoms with E-state index < -0.39 is 11.7 Å². The minimum absolute atomic E-state index is 0.00136. The number of aromatic nitrogens is 2. The molecule has 2 aromatic carbocycles. The van der Waals surface area contributed by atoms with E-state index in [0.29, 0.717) is 46.6 Å². The maximum atomic E-state index is 13.4. The van der Waals surface area contributed by atoms with Gasteiger partial charge in [0.2, 0.25) is 5.91 Å². The zero-order chi connectivity index (χ0) is 21.5. The number of unbranched alkanes of at least 4 members (excludes halogenated alkanes) is 1. The first-order valence-corrected chi connectivity index (χ1v) is 9.36. The highest BCUT2D eigenvalue weighted by molar-refractivity contribution is 6.31. The van der Waals surface area contributed by atoms with Crippen LogP contribution in [0.4, 0.5) is 15.9 Å². The van der Waals surface area contributed by atoms with Gasteiger partial charge in [-0.25, -0.2) is 19.8 Å². The largest absolute Gasteiger partial charge is 0.495 e. The number of hydroxylamine groups is 1. The first kappa shape index (κ1) is 21.3. The van der Waals surface area contributed by atoms with Crippen LogP contribution in [-0.4, -0.2) is 28.2 Å². The summed E-state index contributed by atoms with van der Waals surface area (Å²) in [6.07, 6.45) is 2.57.